The van der Waals surface area contributed by atoms with Gasteiger partial charge in [-0.1, -0.05) is 24.3 Å². The molecule has 0 saturated heterocycles. The Kier molecular flexibility index (Phi) is 4.05. The Morgan fingerprint density at radius 3 is 2.57 bits per heavy atom. The molecule has 0 aliphatic heterocycles. The molecule has 0 atom stereocenters. The summed E-state index contributed by atoms with van der Waals surface area (Å²) in [6, 6.07) is 7.28. The minimum atomic E-state index is 0.145. The molecule has 1 aromatic rings. The van der Waals surface area contributed by atoms with Crippen LogP contribution in [0.2, 0.25) is 0 Å². The smallest absolute Gasteiger partial charge is 0.162 e. The summed E-state index contributed by atoms with van der Waals surface area (Å²) in [6.07, 6.45) is 3.30. The lowest BCUT2D eigenvalue weighted by atomic mass is 10.0. The van der Waals surface area contributed by atoms with Crippen molar-refractivity contribution in [3.8, 4) is 0 Å². The van der Waals surface area contributed by atoms with Crippen LogP contribution in [0.3, 0.4) is 0 Å². The molecule has 0 unspecified atom stereocenters. The summed E-state index contributed by atoms with van der Waals surface area (Å²) < 4.78 is 0. The van der Waals surface area contributed by atoms with E-state index in [-0.39, 0.29) is 5.78 Å². The molecular weight excluding hydrogens is 174 g/mol. The molecule has 1 N–H and O–H groups in total. The van der Waals surface area contributed by atoms with Crippen molar-refractivity contribution < 1.29 is 4.79 Å². The number of hydrogen-bond acceptors (Lipinski definition) is 2. The number of carbonyl (C=O) groups is 1. The molecule has 0 aliphatic carbocycles. The van der Waals surface area contributed by atoms with E-state index in [9.17, 15) is 4.79 Å². The van der Waals surface area contributed by atoms with Gasteiger partial charge in [0.1, 0.15) is 0 Å². The SMILES string of the molecule is [CH2]c1ccc(C(=O)CCCC=N)cc1. The van der Waals surface area contributed by atoms with Crippen LogP contribution in [0.5, 0.6) is 0 Å². The topological polar surface area (TPSA) is 40.9 Å². The highest BCUT2D eigenvalue weighted by Crippen LogP contribution is 2.08. The van der Waals surface area contributed by atoms with Crippen LogP contribution in [0.4, 0.5) is 0 Å². The van der Waals surface area contributed by atoms with Crippen molar-refractivity contribution >= 4 is 12.0 Å². The molecule has 0 aliphatic rings. The van der Waals surface area contributed by atoms with Crippen LogP contribution < -0.4 is 0 Å². The van der Waals surface area contributed by atoms with E-state index in [1.54, 1.807) is 12.1 Å². The monoisotopic (exact) mass is 188 g/mol. The van der Waals surface area contributed by atoms with Crippen LogP contribution in [-0.4, -0.2) is 12.0 Å². The predicted molar refractivity (Wildman–Crippen MR) is 57.9 cm³/mol. The molecule has 2 heteroatoms. The number of hydrogen-bond donors (Lipinski definition) is 1. The van der Waals surface area contributed by atoms with Gasteiger partial charge in [0, 0.05) is 12.0 Å². The Balaban J connectivity index is 2.52. The summed E-state index contributed by atoms with van der Waals surface area (Å²) in [5, 5.41) is 6.84. The highest BCUT2D eigenvalue weighted by atomic mass is 16.1. The first kappa shape index (κ1) is 10.6. The predicted octanol–water partition coefficient (Wildman–Crippen LogP) is 2.87. The van der Waals surface area contributed by atoms with Crippen molar-refractivity contribution in [3.05, 3.63) is 42.3 Å². The van der Waals surface area contributed by atoms with Gasteiger partial charge in [0.05, 0.1) is 0 Å². The molecule has 73 valence electrons. The van der Waals surface area contributed by atoms with Gasteiger partial charge in [-0.15, -0.1) is 0 Å². The molecule has 0 saturated carbocycles. The second-order valence-corrected chi connectivity index (χ2v) is 3.22. The van der Waals surface area contributed by atoms with Crippen LogP contribution in [0.25, 0.3) is 0 Å². The summed E-state index contributed by atoms with van der Waals surface area (Å²) in [7, 11) is 0. The van der Waals surface area contributed by atoms with Crippen molar-refractivity contribution in [2.24, 2.45) is 0 Å². The highest BCUT2D eigenvalue weighted by Gasteiger charge is 2.03. The fourth-order valence-corrected chi connectivity index (χ4v) is 1.20. The first-order chi connectivity index (χ1) is 6.74. The number of benzene rings is 1. The van der Waals surface area contributed by atoms with Crippen molar-refractivity contribution in [3.63, 3.8) is 0 Å². The van der Waals surface area contributed by atoms with E-state index in [0.29, 0.717) is 12.8 Å². The molecule has 1 aromatic carbocycles. The summed E-state index contributed by atoms with van der Waals surface area (Å²) in [4.78, 5) is 11.5. The van der Waals surface area contributed by atoms with E-state index in [4.69, 9.17) is 5.41 Å². The fourth-order valence-electron chi connectivity index (χ4n) is 1.20. The van der Waals surface area contributed by atoms with E-state index in [0.717, 1.165) is 17.5 Å². The quantitative estimate of drug-likeness (QED) is 0.431. The van der Waals surface area contributed by atoms with Crippen LogP contribution in [0, 0.1) is 12.3 Å². The maximum atomic E-state index is 11.5. The Morgan fingerprint density at radius 1 is 1.36 bits per heavy atom. The third-order valence-electron chi connectivity index (χ3n) is 2.03. The maximum absolute atomic E-state index is 11.5. The van der Waals surface area contributed by atoms with E-state index < -0.39 is 0 Å². The number of nitrogens with one attached hydrogen (secondary N) is 1. The number of rotatable bonds is 5. The van der Waals surface area contributed by atoms with Gasteiger partial charge in [0.15, 0.2) is 5.78 Å². The van der Waals surface area contributed by atoms with Gasteiger partial charge in [0.2, 0.25) is 0 Å². The normalized spacial score (nSPS) is 9.79. The Bertz CT molecular complexity index is 314. The van der Waals surface area contributed by atoms with E-state index in [1.165, 1.54) is 6.21 Å². The second-order valence-electron chi connectivity index (χ2n) is 3.22. The highest BCUT2D eigenvalue weighted by molar-refractivity contribution is 5.96. The van der Waals surface area contributed by atoms with Gasteiger partial charge in [-0.2, -0.15) is 0 Å². The molecule has 2 nitrogen and oxygen atoms in total. The number of unbranched alkanes of at least 4 members (excludes halogenated alkanes) is 1. The zero-order valence-electron chi connectivity index (χ0n) is 8.12. The third kappa shape index (κ3) is 3.13. The van der Waals surface area contributed by atoms with Gasteiger partial charge < -0.3 is 5.41 Å². The molecule has 14 heavy (non-hydrogen) atoms. The number of Topliss-reactive ketones (excluding diaryl/α,β-unsaturated/α-hetero) is 1. The summed E-state index contributed by atoms with van der Waals surface area (Å²) in [5.41, 5.74) is 1.66. The molecule has 1 rings (SSSR count). The minimum Gasteiger partial charge on any atom is -0.313 e. The largest absolute Gasteiger partial charge is 0.313 e. The van der Waals surface area contributed by atoms with Crippen molar-refractivity contribution in [2.45, 2.75) is 19.3 Å². The van der Waals surface area contributed by atoms with E-state index in [2.05, 4.69) is 6.92 Å². The molecule has 0 amide bonds. The summed E-state index contributed by atoms with van der Waals surface area (Å²) >= 11 is 0. The van der Waals surface area contributed by atoms with Gasteiger partial charge in [-0.3, -0.25) is 4.79 Å². The van der Waals surface area contributed by atoms with Crippen LogP contribution in [0.15, 0.2) is 24.3 Å². The van der Waals surface area contributed by atoms with Crippen molar-refractivity contribution in [1.29, 1.82) is 5.41 Å². The van der Waals surface area contributed by atoms with Gasteiger partial charge in [-0.25, -0.2) is 0 Å². The van der Waals surface area contributed by atoms with E-state index >= 15 is 0 Å². The lowest BCUT2D eigenvalue weighted by Crippen LogP contribution is -1.98. The average molecular weight is 188 g/mol. The Hall–Kier alpha value is -1.44. The van der Waals surface area contributed by atoms with E-state index in [1.807, 2.05) is 12.1 Å². The first-order valence-corrected chi connectivity index (χ1v) is 4.68. The van der Waals surface area contributed by atoms with Crippen LogP contribution >= 0.6 is 0 Å². The molecule has 1 radical (unpaired) electrons. The number of ketones is 1. The standard InChI is InChI=1S/C12H14NO/c1-10-5-7-11(8-6-10)12(14)4-2-3-9-13/h5-9,13H,1-4H2. The molecule has 0 aromatic heterocycles. The second kappa shape index (κ2) is 5.32. The molecule has 0 fully saturated rings. The fraction of sp³-hybridized carbons (Fsp3) is 0.250. The van der Waals surface area contributed by atoms with Gasteiger partial charge >= 0.3 is 0 Å². The van der Waals surface area contributed by atoms with Gasteiger partial charge in [-0.05, 0) is 31.5 Å². The zero-order valence-corrected chi connectivity index (χ0v) is 8.12. The zero-order chi connectivity index (χ0) is 10.4. The minimum absolute atomic E-state index is 0.145. The summed E-state index contributed by atoms with van der Waals surface area (Å²) in [5.74, 6) is 0.145. The van der Waals surface area contributed by atoms with Crippen molar-refractivity contribution in [2.75, 3.05) is 0 Å². The average Bonchev–Trinajstić information content (AvgIpc) is 2.19. The number of carbonyl (C=O) groups excluding carboxylic acids is 1. The lowest BCUT2D eigenvalue weighted by Gasteiger charge is -1.99. The van der Waals surface area contributed by atoms with Crippen molar-refractivity contribution in [1.82, 2.24) is 0 Å². The molecular formula is C12H14NO. The molecule has 0 bridgehead atoms. The molecule has 0 heterocycles. The lowest BCUT2D eigenvalue weighted by molar-refractivity contribution is 0.0981. The van der Waals surface area contributed by atoms with Gasteiger partial charge in [0.25, 0.3) is 0 Å². The molecule has 0 spiro atoms. The third-order valence-corrected chi connectivity index (χ3v) is 2.03. The maximum Gasteiger partial charge on any atom is 0.162 e. The Labute approximate surface area is 84.5 Å². The summed E-state index contributed by atoms with van der Waals surface area (Å²) in [6.45, 7) is 3.76. The van der Waals surface area contributed by atoms with Crippen LogP contribution in [-0.2, 0) is 0 Å². The first-order valence-electron chi connectivity index (χ1n) is 4.68. The Morgan fingerprint density at radius 2 is 2.00 bits per heavy atom. The van der Waals surface area contributed by atoms with Crippen LogP contribution in [0.1, 0.15) is 35.2 Å².